The minimum atomic E-state index is -0.394. The van der Waals surface area contributed by atoms with E-state index in [-0.39, 0.29) is 11.7 Å². The molecule has 0 amide bonds. The lowest BCUT2D eigenvalue weighted by Crippen LogP contribution is -2.18. The second-order valence-corrected chi connectivity index (χ2v) is 4.77. The van der Waals surface area contributed by atoms with Gasteiger partial charge in [0.1, 0.15) is 5.75 Å². The second-order valence-electron chi connectivity index (χ2n) is 4.77. The first-order chi connectivity index (χ1) is 10.1. The van der Waals surface area contributed by atoms with Crippen LogP contribution in [0.2, 0.25) is 0 Å². The van der Waals surface area contributed by atoms with E-state index in [0.29, 0.717) is 6.54 Å². The van der Waals surface area contributed by atoms with Crippen LogP contribution in [-0.2, 0) is 6.54 Å². The third-order valence-electron chi connectivity index (χ3n) is 3.36. The van der Waals surface area contributed by atoms with E-state index in [2.05, 4.69) is 12.2 Å². The summed E-state index contributed by atoms with van der Waals surface area (Å²) in [5.74, 6) is 0.848. The fourth-order valence-corrected chi connectivity index (χ4v) is 2.14. The Bertz CT molecular complexity index is 611. The molecule has 5 nitrogen and oxygen atoms in total. The van der Waals surface area contributed by atoms with Gasteiger partial charge in [-0.05, 0) is 18.6 Å². The van der Waals surface area contributed by atoms with Gasteiger partial charge in [-0.3, -0.25) is 10.1 Å². The second kappa shape index (κ2) is 6.85. The Labute approximate surface area is 123 Å². The number of nitrogens with one attached hydrogen (secondary N) is 1. The van der Waals surface area contributed by atoms with Crippen molar-refractivity contribution < 1.29 is 9.66 Å². The SMILES string of the molecule is COc1ccccc1[C@@H](C)NCc1ccc([N+](=O)[O-])cc1. The summed E-state index contributed by atoms with van der Waals surface area (Å²) in [4.78, 5) is 10.2. The summed E-state index contributed by atoms with van der Waals surface area (Å²) in [6, 6.07) is 14.5. The van der Waals surface area contributed by atoms with Gasteiger partial charge in [-0.25, -0.2) is 0 Å². The summed E-state index contributed by atoms with van der Waals surface area (Å²) in [7, 11) is 1.65. The average Bonchev–Trinajstić information content (AvgIpc) is 2.52. The van der Waals surface area contributed by atoms with Crippen LogP contribution in [0.4, 0.5) is 5.69 Å². The number of nitro groups is 1. The molecule has 1 atom stereocenters. The van der Waals surface area contributed by atoms with Crippen LogP contribution in [0, 0.1) is 10.1 Å². The summed E-state index contributed by atoms with van der Waals surface area (Å²) in [6.07, 6.45) is 0. The monoisotopic (exact) mass is 286 g/mol. The van der Waals surface area contributed by atoms with Crippen molar-refractivity contribution in [2.24, 2.45) is 0 Å². The van der Waals surface area contributed by atoms with Gasteiger partial charge in [-0.1, -0.05) is 30.3 Å². The molecule has 0 saturated carbocycles. The number of ether oxygens (including phenoxy) is 1. The molecule has 0 aliphatic heterocycles. The highest BCUT2D eigenvalue weighted by molar-refractivity contribution is 5.36. The summed E-state index contributed by atoms with van der Waals surface area (Å²) >= 11 is 0. The quantitative estimate of drug-likeness (QED) is 0.652. The van der Waals surface area contributed by atoms with Crippen molar-refractivity contribution in [2.75, 3.05) is 7.11 Å². The predicted octanol–water partition coefficient (Wildman–Crippen LogP) is 3.45. The third-order valence-corrected chi connectivity index (χ3v) is 3.36. The number of hydrogen-bond donors (Lipinski definition) is 1. The maximum absolute atomic E-state index is 10.6. The molecule has 0 aromatic heterocycles. The number of non-ortho nitro benzene ring substituents is 1. The molecule has 0 spiro atoms. The molecule has 2 aromatic rings. The van der Waals surface area contributed by atoms with E-state index in [0.717, 1.165) is 16.9 Å². The molecular formula is C16H18N2O3. The summed E-state index contributed by atoms with van der Waals surface area (Å²) in [5, 5.41) is 14.0. The van der Waals surface area contributed by atoms with E-state index in [1.54, 1.807) is 19.2 Å². The van der Waals surface area contributed by atoms with E-state index >= 15 is 0 Å². The average molecular weight is 286 g/mol. The molecule has 0 fully saturated rings. The van der Waals surface area contributed by atoms with E-state index in [9.17, 15) is 10.1 Å². The molecule has 0 aliphatic carbocycles. The van der Waals surface area contributed by atoms with Crippen molar-refractivity contribution >= 4 is 5.69 Å². The Morgan fingerprint density at radius 2 is 1.86 bits per heavy atom. The van der Waals surface area contributed by atoms with Crippen LogP contribution in [-0.4, -0.2) is 12.0 Å². The summed E-state index contributed by atoms with van der Waals surface area (Å²) < 4.78 is 5.35. The van der Waals surface area contributed by atoms with Gasteiger partial charge in [0.15, 0.2) is 0 Å². The lowest BCUT2D eigenvalue weighted by molar-refractivity contribution is -0.384. The zero-order chi connectivity index (χ0) is 15.2. The van der Waals surface area contributed by atoms with Crippen molar-refractivity contribution in [3.8, 4) is 5.75 Å². The molecule has 0 aliphatic rings. The van der Waals surface area contributed by atoms with Crippen molar-refractivity contribution in [2.45, 2.75) is 19.5 Å². The molecule has 2 aromatic carbocycles. The van der Waals surface area contributed by atoms with Gasteiger partial charge in [0.05, 0.1) is 12.0 Å². The molecule has 0 heterocycles. The molecule has 0 saturated heterocycles. The van der Waals surface area contributed by atoms with Gasteiger partial charge in [-0.15, -0.1) is 0 Å². The van der Waals surface area contributed by atoms with Crippen LogP contribution < -0.4 is 10.1 Å². The van der Waals surface area contributed by atoms with Crippen LogP contribution in [0.5, 0.6) is 5.75 Å². The number of rotatable bonds is 6. The zero-order valence-electron chi connectivity index (χ0n) is 12.1. The van der Waals surface area contributed by atoms with Crippen molar-refractivity contribution in [1.82, 2.24) is 5.32 Å². The highest BCUT2D eigenvalue weighted by Crippen LogP contribution is 2.24. The zero-order valence-corrected chi connectivity index (χ0v) is 12.1. The number of nitrogens with zero attached hydrogens (tertiary/aromatic N) is 1. The minimum absolute atomic E-state index is 0.108. The van der Waals surface area contributed by atoms with Crippen LogP contribution in [0.3, 0.4) is 0 Å². The number of benzene rings is 2. The molecule has 0 unspecified atom stereocenters. The van der Waals surface area contributed by atoms with Gasteiger partial charge in [0, 0.05) is 30.3 Å². The highest BCUT2D eigenvalue weighted by atomic mass is 16.6. The van der Waals surface area contributed by atoms with E-state index in [1.165, 1.54) is 12.1 Å². The number of hydrogen-bond acceptors (Lipinski definition) is 4. The van der Waals surface area contributed by atoms with Crippen LogP contribution in [0.15, 0.2) is 48.5 Å². The molecular weight excluding hydrogens is 268 g/mol. The Balaban J connectivity index is 2.00. The molecule has 5 heteroatoms. The van der Waals surface area contributed by atoms with Gasteiger partial charge in [-0.2, -0.15) is 0 Å². The summed E-state index contributed by atoms with van der Waals surface area (Å²) in [6.45, 7) is 2.69. The van der Waals surface area contributed by atoms with Crippen molar-refractivity contribution in [3.05, 3.63) is 69.8 Å². The minimum Gasteiger partial charge on any atom is -0.496 e. The Morgan fingerprint density at radius 1 is 1.19 bits per heavy atom. The lowest BCUT2D eigenvalue weighted by atomic mass is 10.1. The first-order valence-corrected chi connectivity index (χ1v) is 6.71. The van der Waals surface area contributed by atoms with Gasteiger partial charge in [0.25, 0.3) is 5.69 Å². The molecule has 0 bridgehead atoms. The van der Waals surface area contributed by atoms with E-state index in [4.69, 9.17) is 4.74 Å². The van der Waals surface area contributed by atoms with E-state index in [1.807, 2.05) is 24.3 Å². The first kappa shape index (κ1) is 15.0. The number of methoxy groups -OCH3 is 1. The normalized spacial score (nSPS) is 11.9. The highest BCUT2D eigenvalue weighted by Gasteiger charge is 2.10. The van der Waals surface area contributed by atoms with Gasteiger partial charge < -0.3 is 10.1 Å². The predicted molar refractivity (Wildman–Crippen MR) is 81.3 cm³/mol. The molecule has 1 N–H and O–H groups in total. The largest absolute Gasteiger partial charge is 0.496 e. The lowest BCUT2D eigenvalue weighted by Gasteiger charge is -2.17. The number of para-hydroxylation sites is 1. The van der Waals surface area contributed by atoms with Crippen LogP contribution >= 0.6 is 0 Å². The standard InChI is InChI=1S/C16H18N2O3/c1-12(15-5-3-4-6-16(15)21-2)17-11-13-7-9-14(10-8-13)18(19)20/h3-10,12,17H,11H2,1-2H3/t12-/m1/s1. The van der Waals surface area contributed by atoms with Gasteiger partial charge in [0.2, 0.25) is 0 Å². The van der Waals surface area contributed by atoms with Crippen LogP contribution in [0.1, 0.15) is 24.1 Å². The smallest absolute Gasteiger partial charge is 0.269 e. The third kappa shape index (κ3) is 3.79. The molecule has 21 heavy (non-hydrogen) atoms. The van der Waals surface area contributed by atoms with Crippen molar-refractivity contribution in [3.63, 3.8) is 0 Å². The Morgan fingerprint density at radius 3 is 2.48 bits per heavy atom. The van der Waals surface area contributed by atoms with Crippen molar-refractivity contribution in [1.29, 1.82) is 0 Å². The van der Waals surface area contributed by atoms with Gasteiger partial charge >= 0.3 is 0 Å². The Hall–Kier alpha value is -2.40. The fraction of sp³-hybridized carbons (Fsp3) is 0.250. The topological polar surface area (TPSA) is 64.4 Å². The summed E-state index contributed by atoms with van der Waals surface area (Å²) in [5.41, 5.74) is 2.20. The van der Waals surface area contributed by atoms with E-state index < -0.39 is 4.92 Å². The Kier molecular flexibility index (Phi) is 4.90. The number of nitro benzene ring substituents is 1. The first-order valence-electron chi connectivity index (χ1n) is 6.71. The molecule has 110 valence electrons. The molecule has 2 rings (SSSR count). The maximum Gasteiger partial charge on any atom is 0.269 e. The molecule has 0 radical (unpaired) electrons. The van der Waals surface area contributed by atoms with Crippen LogP contribution in [0.25, 0.3) is 0 Å². The maximum atomic E-state index is 10.6. The fourth-order valence-electron chi connectivity index (χ4n) is 2.14.